The molecule has 0 bridgehead atoms. The van der Waals surface area contributed by atoms with Crippen LogP contribution in [0.5, 0.6) is 0 Å². The van der Waals surface area contributed by atoms with Crippen LogP contribution in [0.1, 0.15) is 19.3 Å². The number of pyridine rings is 2. The van der Waals surface area contributed by atoms with Crippen LogP contribution in [0.25, 0.3) is 55.8 Å². The summed E-state index contributed by atoms with van der Waals surface area (Å²) in [6.07, 6.45) is 8.12. The number of aromatic nitrogens is 6. The summed E-state index contributed by atoms with van der Waals surface area (Å²) in [5, 5.41) is 11.5. The van der Waals surface area contributed by atoms with Crippen molar-refractivity contribution in [1.82, 2.24) is 30.1 Å². The number of nitrogens with zero attached hydrogens (tertiary/aromatic N) is 4. The van der Waals surface area contributed by atoms with Crippen LogP contribution in [0.3, 0.4) is 0 Å². The van der Waals surface area contributed by atoms with E-state index in [0.29, 0.717) is 34.0 Å². The summed E-state index contributed by atoms with van der Waals surface area (Å²) in [7, 11) is 0. The molecule has 0 radical (unpaired) electrons. The number of rotatable bonds is 5. The highest BCUT2D eigenvalue weighted by Gasteiger charge is 2.25. The van der Waals surface area contributed by atoms with Crippen LogP contribution in [0, 0.1) is 11.7 Å². The summed E-state index contributed by atoms with van der Waals surface area (Å²) in [5.74, 6) is 0.404. The van der Waals surface area contributed by atoms with Gasteiger partial charge in [0.2, 0.25) is 5.91 Å². The van der Waals surface area contributed by atoms with Crippen molar-refractivity contribution in [1.29, 1.82) is 0 Å². The minimum atomic E-state index is -0.330. The number of carbonyl (C=O) groups excluding carboxylic acids is 1. The maximum absolute atomic E-state index is 13.9. The number of hydrogen-bond donors (Lipinski definition) is 3. The molecule has 8 nitrogen and oxygen atoms in total. The second-order valence-corrected chi connectivity index (χ2v) is 9.56. The van der Waals surface area contributed by atoms with Crippen molar-refractivity contribution in [2.45, 2.75) is 19.3 Å². The van der Waals surface area contributed by atoms with Gasteiger partial charge in [-0.2, -0.15) is 5.10 Å². The van der Waals surface area contributed by atoms with Gasteiger partial charge < -0.3 is 10.3 Å². The van der Waals surface area contributed by atoms with E-state index in [1.807, 2.05) is 36.4 Å². The molecule has 0 saturated heterocycles. The van der Waals surface area contributed by atoms with Gasteiger partial charge in [-0.1, -0.05) is 24.6 Å². The molecule has 4 aromatic heterocycles. The normalized spacial score (nSPS) is 13.6. The minimum absolute atomic E-state index is 0.0553. The molecule has 1 aliphatic rings. The summed E-state index contributed by atoms with van der Waals surface area (Å²) in [6.45, 7) is 0. The molecule has 0 spiro atoms. The Kier molecular flexibility index (Phi) is 5.21. The fourth-order valence-electron chi connectivity index (χ4n) is 4.85. The van der Waals surface area contributed by atoms with E-state index in [1.165, 1.54) is 12.1 Å². The lowest BCUT2D eigenvalue weighted by atomic mass is 9.85. The predicted molar refractivity (Wildman–Crippen MR) is 144 cm³/mol. The quantitative estimate of drug-likeness (QED) is 0.263. The van der Waals surface area contributed by atoms with Gasteiger partial charge in [0.05, 0.1) is 28.6 Å². The molecule has 186 valence electrons. The summed E-state index contributed by atoms with van der Waals surface area (Å²) < 4.78 is 13.9. The molecule has 4 heterocycles. The first kappa shape index (κ1) is 22.3. The molecular formula is C29H22FN7O. The number of benzene rings is 2. The van der Waals surface area contributed by atoms with E-state index in [4.69, 9.17) is 4.98 Å². The number of hydrogen-bond acceptors (Lipinski definition) is 5. The zero-order chi connectivity index (χ0) is 25.6. The Morgan fingerprint density at radius 1 is 0.947 bits per heavy atom. The number of halogens is 1. The Morgan fingerprint density at radius 3 is 2.71 bits per heavy atom. The van der Waals surface area contributed by atoms with Crippen molar-refractivity contribution in [3.05, 3.63) is 79.0 Å². The highest BCUT2D eigenvalue weighted by molar-refractivity contribution is 5.98. The van der Waals surface area contributed by atoms with Crippen molar-refractivity contribution in [2.24, 2.45) is 5.92 Å². The standard InChI is InChI=1S/C29H22FN7O/c30-20-6-2-5-18(11-20)25-27-24(9-10-32-25)34-28(35-27)26-22-13-17(7-8-23(22)36-37-26)19-12-21(15-31-14-19)33-29(38)16-3-1-4-16/h2,5-16H,1,3-4H2,(H,33,38)(H,34,35)(H,36,37). The molecule has 7 rings (SSSR count). The van der Waals surface area contributed by atoms with E-state index < -0.39 is 0 Å². The molecule has 9 heteroatoms. The first-order chi connectivity index (χ1) is 18.6. The summed E-state index contributed by atoms with van der Waals surface area (Å²) >= 11 is 0. The Balaban J connectivity index is 1.26. The highest BCUT2D eigenvalue weighted by Crippen LogP contribution is 2.33. The number of carbonyl (C=O) groups is 1. The van der Waals surface area contributed by atoms with Gasteiger partial charge in [-0.3, -0.25) is 19.9 Å². The largest absolute Gasteiger partial charge is 0.336 e. The van der Waals surface area contributed by atoms with Crippen LogP contribution in [0.15, 0.2) is 73.2 Å². The Hall–Kier alpha value is -4.92. The van der Waals surface area contributed by atoms with Gasteiger partial charge >= 0.3 is 0 Å². The molecule has 6 aromatic rings. The Labute approximate surface area is 216 Å². The van der Waals surface area contributed by atoms with Gasteiger partial charge in [0.15, 0.2) is 5.82 Å². The van der Waals surface area contributed by atoms with Gasteiger partial charge in [-0.25, -0.2) is 9.37 Å². The summed E-state index contributed by atoms with van der Waals surface area (Å²) in [6, 6.07) is 16.1. The van der Waals surface area contributed by atoms with Gasteiger partial charge in [0.25, 0.3) is 0 Å². The lowest BCUT2D eigenvalue weighted by Crippen LogP contribution is -2.28. The van der Waals surface area contributed by atoms with Crippen LogP contribution in [0.2, 0.25) is 0 Å². The topological polar surface area (TPSA) is 112 Å². The zero-order valence-corrected chi connectivity index (χ0v) is 20.2. The van der Waals surface area contributed by atoms with Crippen molar-refractivity contribution in [3.63, 3.8) is 0 Å². The molecule has 0 unspecified atom stereocenters. The average molecular weight is 504 g/mol. The maximum Gasteiger partial charge on any atom is 0.227 e. The lowest BCUT2D eigenvalue weighted by molar-refractivity contribution is -0.122. The first-order valence-electron chi connectivity index (χ1n) is 12.5. The Bertz CT molecular complexity index is 1840. The maximum atomic E-state index is 13.9. The molecular weight excluding hydrogens is 481 g/mol. The lowest BCUT2D eigenvalue weighted by Gasteiger charge is -2.24. The number of anilines is 1. The minimum Gasteiger partial charge on any atom is -0.336 e. The average Bonchev–Trinajstić information content (AvgIpc) is 3.51. The molecule has 38 heavy (non-hydrogen) atoms. The van der Waals surface area contributed by atoms with E-state index in [0.717, 1.165) is 46.8 Å². The van der Waals surface area contributed by atoms with Crippen LogP contribution in [-0.2, 0) is 4.79 Å². The Morgan fingerprint density at radius 2 is 1.87 bits per heavy atom. The third-order valence-electron chi connectivity index (χ3n) is 7.10. The van der Waals surface area contributed by atoms with E-state index in [2.05, 4.69) is 30.5 Å². The summed E-state index contributed by atoms with van der Waals surface area (Å²) in [5.41, 5.74) is 6.68. The van der Waals surface area contributed by atoms with E-state index in [1.54, 1.807) is 24.7 Å². The van der Waals surface area contributed by atoms with E-state index in [-0.39, 0.29) is 17.6 Å². The van der Waals surface area contributed by atoms with Crippen molar-refractivity contribution in [3.8, 4) is 33.9 Å². The van der Waals surface area contributed by atoms with Crippen LogP contribution in [-0.4, -0.2) is 36.0 Å². The van der Waals surface area contributed by atoms with Gasteiger partial charge in [-0.15, -0.1) is 0 Å². The zero-order valence-electron chi connectivity index (χ0n) is 20.2. The van der Waals surface area contributed by atoms with Gasteiger partial charge in [-0.05, 0) is 54.8 Å². The third kappa shape index (κ3) is 3.88. The predicted octanol–water partition coefficient (Wildman–Crippen LogP) is 6.11. The molecule has 0 atom stereocenters. The molecule has 1 fully saturated rings. The molecule has 2 aromatic carbocycles. The number of aromatic amines is 2. The molecule has 0 aliphatic heterocycles. The number of H-pyrrole nitrogens is 2. The summed E-state index contributed by atoms with van der Waals surface area (Å²) in [4.78, 5) is 29.4. The van der Waals surface area contributed by atoms with Crippen LogP contribution < -0.4 is 5.32 Å². The number of fused-ring (bicyclic) bond motifs is 2. The van der Waals surface area contributed by atoms with Crippen molar-refractivity contribution >= 4 is 33.5 Å². The number of imidazole rings is 1. The molecule has 1 amide bonds. The number of amides is 1. The smallest absolute Gasteiger partial charge is 0.227 e. The number of nitrogens with one attached hydrogen (secondary N) is 3. The van der Waals surface area contributed by atoms with Gasteiger partial charge in [0, 0.05) is 34.8 Å². The van der Waals surface area contributed by atoms with E-state index >= 15 is 0 Å². The fourth-order valence-corrected chi connectivity index (χ4v) is 4.85. The second kappa shape index (κ2) is 8.88. The molecule has 3 N–H and O–H groups in total. The fraction of sp³-hybridized carbons (Fsp3) is 0.138. The van der Waals surface area contributed by atoms with Crippen molar-refractivity contribution < 1.29 is 9.18 Å². The third-order valence-corrected chi connectivity index (χ3v) is 7.10. The molecule has 1 aliphatic carbocycles. The highest BCUT2D eigenvalue weighted by atomic mass is 19.1. The van der Waals surface area contributed by atoms with Crippen molar-refractivity contribution in [2.75, 3.05) is 5.32 Å². The van der Waals surface area contributed by atoms with Crippen LogP contribution >= 0.6 is 0 Å². The van der Waals surface area contributed by atoms with Crippen LogP contribution in [0.4, 0.5) is 10.1 Å². The van der Waals surface area contributed by atoms with Gasteiger partial charge in [0.1, 0.15) is 17.0 Å². The van der Waals surface area contributed by atoms with E-state index in [9.17, 15) is 9.18 Å². The first-order valence-corrected chi connectivity index (χ1v) is 12.5. The second-order valence-electron chi connectivity index (χ2n) is 9.56. The SMILES string of the molecule is O=C(Nc1cncc(-c2ccc3[nH]nc(-c4nc5c(-c6cccc(F)c6)nccc5[nH]4)c3c2)c1)C1CCC1. The molecule has 1 saturated carbocycles. The monoisotopic (exact) mass is 503 g/mol.